The van der Waals surface area contributed by atoms with Crippen molar-refractivity contribution in [1.82, 2.24) is 19.7 Å². The summed E-state index contributed by atoms with van der Waals surface area (Å²) in [7, 11) is 1.62. The van der Waals surface area contributed by atoms with Gasteiger partial charge in [-0.15, -0.1) is 0 Å². The Labute approximate surface area is 186 Å². The predicted octanol–water partition coefficient (Wildman–Crippen LogP) is 2.72. The van der Waals surface area contributed by atoms with E-state index < -0.39 is 0 Å². The van der Waals surface area contributed by atoms with Crippen LogP contribution in [0.5, 0.6) is 11.5 Å². The molecule has 0 unspecified atom stereocenters. The number of carbonyl (C=O) groups excluding carboxylic acids is 1. The summed E-state index contributed by atoms with van der Waals surface area (Å²) in [5.74, 6) is 2.31. The molecule has 168 valence electrons. The number of benzene rings is 2. The molecule has 0 radical (unpaired) electrons. The first-order valence-electron chi connectivity index (χ1n) is 10.8. The minimum absolute atomic E-state index is 0.0254. The first-order valence-corrected chi connectivity index (χ1v) is 10.8. The van der Waals surface area contributed by atoms with Crippen molar-refractivity contribution in [2.24, 2.45) is 0 Å². The molecule has 3 aromatic rings. The smallest absolute Gasteiger partial charge is 0.343 e. The van der Waals surface area contributed by atoms with Crippen LogP contribution in [0.1, 0.15) is 35.7 Å². The van der Waals surface area contributed by atoms with E-state index in [0.717, 1.165) is 35.5 Å². The number of hydrogen-bond acceptors (Lipinski definition) is 5. The van der Waals surface area contributed by atoms with E-state index in [1.54, 1.807) is 11.7 Å². The predicted molar refractivity (Wildman–Crippen MR) is 120 cm³/mol. The number of methoxy groups -OCH3 is 1. The van der Waals surface area contributed by atoms with Gasteiger partial charge in [-0.1, -0.05) is 24.3 Å². The highest BCUT2D eigenvalue weighted by molar-refractivity contribution is 5.77. The van der Waals surface area contributed by atoms with Gasteiger partial charge < -0.3 is 14.4 Å². The summed E-state index contributed by atoms with van der Waals surface area (Å²) >= 11 is 0. The molecule has 0 bridgehead atoms. The van der Waals surface area contributed by atoms with Crippen LogP contribution in [-0.2, 0) is 11.3 Å². The van der Waals surface area contributed by atoms with Gasteiger partial charge in [-0.05, 0) is 55.2 Å². The lowest BCUT2D eigenvalue weighted by Gasteiger charge is -2.31. The fraction of sp³-hybridized carbons (Fsp3) is 0.375. The van der Waals surface area contributed by atoms with Crippen LogP contribution in [0.2, 0.25) is 0 Å². The van der Waals surface area contributed by atoms with E-state index in [9.17, 15) is 9.59 Å². The minimum Gasteiger partial charge on any atom is -0.497 e. The maximum absolute atomic E-state index is 12.6. The summed E-state index contributed by atoms with van der Waals surface area (Å²) in [5, 5.41) is 6.88. The molecule has 1 fully saturated rings. The fourth-order valence-electron chi connectivity index (χ4n) is 4.04. The molecule has 32 heavy (non-hydrogen) atoms. The zero-order chi connectivity index (χ0) is 22.5. The van der Waals surface area contributed by atoms with Crippen molar-refractivity contribution < 1.29 is 14.3 Å². The average Bonchev–Trinajstić information content (AvgIpc) is 3.18. The molecule has 0 saturated carbocycles. The third-order valence-corrected chi connectivity index (χ3v) is 5.85. The molecule has 1 aliphatic heterocycles. The zero-order valence-corrected chi connectivity index (χ0v) is 18.4. The van der Waals surface area contributed by atoms with E-state index >= 15 is 0 Å². The van der Waals surface area contributed by atoms with Crippen LogP contribution in [0.25, 0.3) is 0 Å². The lowest BCUT2D eigenvalue weighted by molar-refractivity contribution is -0.134. The number of rotatable bonds is 7. The molecule has 1 N–H and O–H groups in total. The maximum atomic E-state index is 12.6. The highest BCUT2D eigenvalue weighted by atomic mass is 16.5. The number of nitrogens with zero attached hydrogens (tertiary/aromatic N) is 3. The number of likely N-dealkylation sites (tertiary alicyclic amines) is 1. The molecular weight excluding hydrogens is 408 g/mol. The highest BCUT2D eigenvalue weighted by Crippen LogP contribution is 2.26. The molecule has 2 heterocycles. The van der Waals surface area contributed by atoms with Crippen LogP contribution in [-0.4, -0.2) is 52.4 Å². The van der Waals surface area contributed by atoms with Crippen LogP contribution in [0.4, 0.5) is 0 Å². The number of piperidine rings is 1. The molecule has 1 aromatic heterocycles. The first-order chi connectivity index (χ1) is 15.5. The zero-order valence-electron chi connectivity index (χ0n) is 18.4. The van der Waals surface area contributed by atoms with E-state index in [1.807, 2.05) is 60.4 Å². The second-order valence-corrected chi connectivity index (χ2v) is 8.08. The van der Waals surface area contributed by atoms with Gasteiger partial charge in [0.15, 0.2) is 6.61 Å². The Morgan fingerprint density at radius 2 is 1.88 bits per heavy atom. The van der Waals surface area contributed by atoms with Gasteiger partial charge in [0, 0.05) is 19.0 Å². The second kappa shape index (κ2) is 9.72. The number of nitrogens with one attached hydrogen (secondary N) is 1. The van der Waals surface area contributed by atoms with Crippen LogP contribution in [0.3, 0.4) is 0 Å². The topological polar surface area (TPSA) is 89.4 Å². The van der Waals surface area contributed by atoms with E-state index in [1.165, 1.54) is 0 Å². The second-order valence-electron chi connectivity index (χ2n) is 8.08. The van der Waals surface area contributed by atoms with Crippen molar-refractivity contribution in [1.29, 1.82) is 0 Å². The quantitative estimate of drug-likeness (QED) is 0.615. The van der Waals surface area contributed by atoms with Gasteiger partial charge in [-0.2, -0.15) is 5.10 Å². The molecular formula is C24H28N4O4. The maximum Gasteiger partial charge on any atom is 0.343 e. The molecule has 2 aromatic carbocycles. The molecule has 4 rings (SSSR count). The van der Waals surface area contributed by atoms with Gasteiger partial charge in [0.1, 0.15) is 17.3 Å². The standard InChI is InChI=1S/C24H28N4O4/c1-17-4-3-5-21(14-17)32-16-22(29)27-12-10-19(11-13-27)23-25-26-24(30)28(23)15-18-6-8-20(31-2)9-7-18/h3-9,14,19H,10-13,15-16H2,1-2H3,(H,26,30). The number of aryl methyl sites for hydroxylation is 1. The molecule has 1 saturated heterocycles. The Hall–Kier alpha value is -3.55. The molecule has 8 nitrogen and oxygen atoms in total. The number of carbonyl (C=O) groups is 1. The molecule has 1 aliphatic rings. The van der Waals surface area contributed by atoms with Gasteiger partial charge in [-0.25, -0.2) is 9.89 Å². The third kappa shape index (κ3) is 5.01. The van der Waals surface area contributed by atoms with E-state index in [0.29, 0.717) is 25.4 Å². The van der Waals surface area contributed by atoms with Crippen LogP contribution < -0.4 is 15.2 Å². The molecule has 8 heteroatoms. The number of H-pyrrole nitrogens is 1. The number of aromatic amines is 1. The van der Waals surface area contributed by atoms with Crippen molar-refractivity contribution in [2.75, 3.05) is 26.8 Å². The van der Waals surface area contributed by atoms with Crippen molar-refractivity contribution in [3.8, 4) is 11.5 Å². The van der Waals surface area contributed by atoms with E-state index in [4.69, 9.17) is 9.47 Å². The summed E-state index contributed by atoms with van der Waals surface area (Å²) in [6.45, 7) is 3.69. The molecule has 0 aliphatic carbocycles. The van der Waals surface area contributed by atoms with Gasteiger partial charge in [-0.3, -0.25) is 9.36 Å². The van der Waals surface area contributed by atoms with E-state index in [2.05, 4.69) is 10.2 Å². The first kappa shape index (κ1) is 21.7. The third-order valence-electron chi connectivity index (χ3n) is 5.85. The number of ether oxygens (including phenoxy) is 2. The van der Waals surface area contributed by atoms with Crippen LogP contribution in [0, 0.1) is 6.92 Å². The van der Waals surface area contributed by atoms with Crippen molar-refractivity contribution in [2.45, 2.75) is 32.2 Å². The number of hydrogen-bond donors (Lipinski definition) is 1. The number of amides is 1. The van der Waals surface area contributed by atoms with Crippen molar-refractivity contribution in [3.05, 3.63) is 76.0 Å². The Morgan fingerprint density at radius 1 is 1.12 bits per heavy atom. The van der Waals surface area contributed by atoms with Gasteiger partial charge in [0.05, 0.1) is 13.7 Å². The Bertz CT molecular complexity index is 1110. The fourth-order valence-corrected chi connectivity index (χ4v) is 4.04. The number of aromatic nitrogens is 3. The molecule has 0 spiro atoms. The summed E-state index contributed by atoms with van der Waals surface area (Å²) in [5.41, 5.74) is 1.87. The monoisotopic (exact) mass is 436 g/mol. The summed E-state index contributed by atoms with van der Waals surface area (Å²) in [4.78, 5) is 26.8. The van der Waals surface area contributed by atoms with Gasteiger partial charge in [0.2, 0.25) is 0 Å². The van der Waals surface area contributed by atoms with Gasteiger partial charge in [0.25, 0.3) is 5.91 Å². The summed E-state index contributed by atoms with van der Waals surface area (Å²) in [6, 6.07) is 15.3. The van der Waals surface area contributed by atoms with Crippen LogP contribution in [0.15, 0.2) is 53.3 Å². The Morgan fingerprint density at radius 3 is 2.56 bits per heavy atom. The van der Waals surface area contributed by atoms with E-state index in [-0.39, 0.29) is 24.1 Å². The summed E-state index contributed by atoms with van der Waals surface area (Å²) < 4.78 is 12.5. The van der Waals surface area contributed by atoms with Crippen molar-refractivity contribution >= 4 is 5.91 Å². The lowest BCUT2D eigenvalue weighted by Crippen LogP contribution is -2.41. The molecule has 0 atom stereocenters. The largest absolute Gasteiger partial charge is 0.497 e. The highest BCUT2D eigenvalue weighted by Gasteiger charge is 2.27. The summed E-state index contributed by atoms with van der Waals surface area (Å²) in [6.07, 6.45) is 1.51. The Kier molecular flexibility index (Phi) is 6.58. The normalized spacial score (nSPS) is 14.4. The molecule has 1 amide bonds. The minimum atomic E-state index is -0.221. The van der Waals surface area contributed by atoms with Gasteiger partial charge >= 0.3 is 5.69 Å². The van der Waals surface area contributed by atoms with Crippen LogP contribution >= 0.6 is 0 Å². The SMILES string of the molecule is COc1ccc(Cn2c(C3CCN(C(=O)COc4cccc(C)c4)CC3)n[nH]c2=O)cc1. The average molecular weight is 437 g/mol. The Balaban J connectivity index is 1.35. The van der Waals surface area contributed by atoms with Crippen molar-refractivity contribution in [3.63, 3.8) is 0 Å². The lowest BCUT2D eigenvalue weighted by atomic mass is 9.95.